The van der Waals surface area contributed by atoms with Gasteiger partial charge in [-0.05, 0) is 36.1 Å². The van der Waals surface area contributed by atoms with Crippen molar-refractivity contribution in [2.75, 3.05) is 11.0 Å². The van der Waals surface area contributed by atoms with E-state index in [4.69, 9.17) is 0 Å². The first-order valence-electron chi connectivity index (χ1n) is 5.99. The molecular weight excluding hydrogens is 260 g/mol. The predicted molar refractivity (Wildman–Crippen MR) is 76.6 cm³/mol. The summed E-state index contributed by atoms with van der Waals surface area (Å²) in [7, 11) is -3.27. The molecule has 0 radical (unpaired) electrons. The largest absolute Gasteiger partial charge is 0.268 e. The Labute approximate surface area is 113 Å². The van der Waals surface area contributed by atoms with E-state index in [1.165, 1.54) is 5.56 Å². The minimum Gasteiger partial charge on any atom is -0.268 e. The minimum absolute atomic E-state index is 0.369. The van der Waals surface area contributed by atoms with Crippen molar-refractivity contribution in [3.63, 3.8) is 0 Å². The number of aromatic nitrogens is 1. The number of hydrogen-bond acceptors (Lipinski definition) is 3. The predicted octanol–water partition coefficient (Wildman–Crippen LogP) is 2.24. The van der Waals surface area contributed by atoms with Crippen molar-refractivity contribution in [3.05, 3.63) is 59.8 Å². The Morgan fingerprint density at radius 3 is 2.42 bits per heavy atom. The third-order valence-electron chi connectivity index (χ3n) is 2.66. The van der Waals surface area contributed by atoms with Crippen molar-refractivity contribution in [1.82, 2.24) is 4.98 Å². The zero-order chi connectivity index (χ0) is 13.7. The summed E-state index contributed by atoms with van der Waals surface area (Å²) in [6.07, 6.45) is 4.51. The lowest BCUT2D eigenvalue weighted by Crippen LogP contribution is -2.11. The molecule has 0 aliphatic heterocycles. The SMILES string of the molecule is CS(=O)(=O)Nc1cc(CCc2ccccc2)ccn1. The fourth-order valence-electron chi connectivity index (χ4n) is 1.81. The first-order chi connectivity index (χ1) is 9.03. The summed E-state index contributed by atoms with van der Waals surface area (Å²) in [5, 5.41) is 0. The molecule has 0 fully saturated rings. The normalized spacial score (nSPS) is 11.2. The van der Waals surface area contributed by atoms with Crippen LogP contribution in [0.5, 0.6) is 0 Å². The standard InChI is InChI=1S/C14H16N2O2S/c1-19(17,18)16-14-11-13(9-10-15-14)8-7-12-5-3-2-4-6-12/h2-6,9-11H,7-8H2,1H3,(H,15,16). The van der Waals surface area contributed by atoms with Crippen LogP contribution in [0.3, 0.4) is 0 Å². The van der Waals surface area contributed by atoms with Gasteiger partial charge < -0.3 is 0 Å². The van der Waals surface area contributed by atoms with Crippen LogP contribution in [-0.2, 0) is 22.9 Å². The van der Waals surface area contributed by atoms with Gasteiger partial charge in [0.1, 0.15) is 5.82 Å². The fraction of sp³-hybridized carbons (Fsp3) is 0.214. The third-order valence-corrected chi connectivity index (χ3v) is 3.24. The summed E-state index contributed by atoms with van der Waals surface area (Å²) in [5.41, 5.74) is 2.32. The molecule has 2 aromatic rings. The lowest BCUT2D eigenvalue weighted by molar-refractivity contribution is 0.606. The van der Waals surface area contributed by atoms with E-state index in [0.29, 0.717) is 5.82 Å². The Hall–Kier alpha value is -1.88. The molecule has 0 bridgehead atoms. The van der Waals surface area contributed by atoms with Crippen molar-refractivity contribution in [2.24, 2.45) is 0 Å². The van der Waals surface area contributed by atoms with Crippen LogP contribution in [0.2, 0.25) is 0 Å². The number of pyridine rings is 1. The van der Waals surface area contributed by atoms with Gasteiger partial charge in [0.05, 0.1) is 6.26 Å². The molecule has 4 nitrogen and oxygen atoms in total. The molecule has 1 heterocycles. The number of benzene rings is 1. The van der Waals surface area contributed by atoms with Gasteiger partial charge in [0.25, 0.3) is 0 Å². The summed E-state index contributed by atoms with van der Waals surface area (Å²) in [4.78, 5) is 3.99. The molecule has 1 aromatic carbocycles. The van der Waals surface area contributed by atoms with Crippen LogP contribution >= 0.6 is 0 Å². The van der Waals surface area contributed by atoms with Crippen molar-refractivity contribution in [2.45, 2.75) is 12.8 Å². The summed E-state index contributed by atoms with van der Waals surface area (Å²) >= 11 is 0. The van der Waals surface area contributed by atoms with Crippen LogP contribution in [-0.4, -0.2) is 19.7 Å². The van der Waals surface area contributed by atoms with Crippen LogP contribution in [0.25, 0.3) is 0 Å². The Balaban J connectivity index is 2.03. The first kappa shape index (κ1) is 13.5. The minimum atomic E-state index is -3.27. The van der Waals surface area contributed by atoms with E-state index >= 15 is 0 Å². The molecule has 0 aliphatic rings. The lowest BCUT2D eigenvalue weighted by Gasteiger charge is -2.06. The molecule has 0 unspecified atom stereocenters. The van der Waals surface area contributed by atoms with Crippen molar-refractivity contribution >= 4 is 15.8 Å². The monoisotopic (exact) mass is 276 g/mol. The highest BCUT2D eigenvalue weighted by atomic mass is 32.2. The Kier molecular flexibility index (Phi) is 4.16. The zero-order valence-corrected chi connectivity index (χ0v) is 11.5. The van der Waals surface area contributed by atoms with Crippen molar-refractivity contribution in [3.8, 4) is 0 Å². The highest BCUT2D eigenvalue weighted by Crippen LogP contribution is 2.11. The molecule has 0 saturated heterocycles. The fourth-order valence-corrected chi connectivity index (χ4v) is 2.30. The van der Waals surface area contributed by atoms with E-state index in [1.54, 1.807) is 12.3 Å². The van der Waals surface area contributed by atoms with Crippen LogP contribution in [0.4, 0.5) is 5.82 Å². The number of nitrogens with one attached hydrogen (secondary N) is 1. The van der Waals surface area contributed by atoms with Crippen molar-refractivity contribution in [1.29, 1.82) is 0 Å². The van der Waals surface area contributed by atoms with E-state index in [-0.39, 0.29) is 0 Å². The molecule has 100 valence electrons. The molecule has 2 rings (SSSR count). The van der Waals surface area contributed by atoms with E-state index in [9.17, 15) is 8.42 Å². The Morgan fingerprint density at radius 1 is 1.05 bits per heavy atom. The number of rotatable bonds is 5. The average Bonchev–Trinajstić information content (AvgIpc) is 2.36. The van der Waals surface area contributed by atoms with Crippen LogP contribution in [0, 0.1) is 0 Å². The van der Waals surface area contributed by atoms with Gasteiger partial charge in [0.15, 0.2) is 0 Å². The van der Waals surface area contributed by atoms with E-state index in [1.807, 2.05) is 24.3 Å². The van der Waals surface area contributed by atoms with Gasteiger partial charge in [-0.2, -0.15) is 0 Å². The molecule has 19 heavy (non-hydrogen) atoms. The molecule has 0 amide bonds. The number of sulfonamides is 1. The van der Waals surface area contributed by atoms with Gasteiger partial charge in [-0.1, -0.05) is 30.3 Å². The summed E-state index contributed by atoms with van der Waals surface area (Å²) in [6.45, 7) is 0. The molecule has 0 aliphatic carbocycles. The van der Waals surface area contributed by atoms with Crippen LogP contribution in [0.1, 0.15) is 11.1 Å². The summed E-state index contributed by atoms with van der Waals surface area (Å²) in [6, 6.07) is 13.8. The second-order valence-corrected chi connectivity index (χ2v) is 6.16. The van der Waals surface area contributed by atoms with Gasteiger partial charge in [-0.15, -0.1) is 0 Å². The smallest absolute Gasteiger partial charge is 0.230 e. The van der Waals surface area contributed by atoms with Gasteiger partial charge in [-0.3, -0.25) is 4.72 Å². The maximum absolute atomic E-state index is 11.1. The lowest BCUT2D eigenvalue weighted by atomic mass is 10.1. The van der Waals surface area contributed by atoms with E-state index < -0.39 is 10.0 Å². The number of anilines is 1. The molecule has 0 saturated carbocycles. The second kappa shape index (κ2) is 5.84. The topological polar surface area (TPSA) is 59.1 Å². The molecule has 0 spiro atoms. The number of aryl methyl sites for hydroxylation is 2. The quantitative estimate of drug-likeness (QED) is 0.911. The summed E-state index contributed by atoms with van der Waals surface area (Å²) in [5.74, 6) is 0.369. The Morgan fingerprint density at radius 2 is 1.74 bits per heavy atom. The number of hydrogen-bond donors (Lipinski definition) is 1. The van der Waals surface area contributed by atoms with Gasteiger partial charge in [0.2, 0.25) is 10.0 Å². The van der Waals surface area contributed by atoms with Crippen molar-refractivity contribution < 1.29 is 8.42 Å². The summed E-state index contributed by atoms with van der Waals surface area (Å²) < 4.78 is 24.7. The molecule has 0 atom stereocenters. The highest BCUT2D eigenvalue weighted by Gasteiger charge is 2.04. The van der Waals surface area contributed by atoms with E-state index in [0.717, 1.165) is 24.7 Å². The maximum atomic E-state index is 11.1. The molecule has 5 heteroatoms. The van der Waals surface area contributed by atoms with E-state index in [2.05, 4.69) is 21.8 Å². The maximum Gasteiger partial charge on any atom is 0.230 e. The second-order valence-electron chi connectivity index (χ2n) is 4.41. The average molecular weight is 276 g/mol. The van der Waals surface area contributed by atoms with Crippen LogP contribution < -0.4 is 4.72 Å². The zero-order valence-electron chi connectivity index (χ0n) is 10.7. The molecule has 1 N–H and O–H groups in total. The Bertz CT molecular complexity index is 640. The third kappa shape index (κ3) is 4.71. The van der Waals surface area contributed by atoms with Crippen LogP contribution in [0.15, 0.2) is 48.7 Å². The molecule has 1 aromatic heterocycles. The number of nitrogens with zero attached hydrogens (tertiary/aromatic N) is 1. The first-order valence-corrected chi connectivity index (χ1v) is 7.89. The van der Waals surface area contributed by atoms with Gasteiger partial charge in [0, 0.05) is 6.20 Å². The van der Waals surface area contributed by atoms with Gasteiger partial charge >= 0.3 is 0 Å². The van der Waals surface area contributed by atoms with Gasteiger partial charge in [-0.25, -0.2) is 13.4 Å². The highest BCUT2D eigenvalue weighted by molar-refractivity contribution is 7.92. The molecular formula is C14H16N2O2S.